The number of hydrogen-bond donors (Lipinski definition) is 2. The van der Waals surface area contributed by atoms with E-state index in [-0.39, 0.29) is 11.3 Å². The molecule has 0 unspecified atom stereocenters. The van der Waals surface area contributed by atoms with Gasteiger partial charge in [-0.2, -0.15) is 0 Å². The van der Waals surface area contributed by atoms with Crippen LogP contribution in [0.25, 0.3) is 11.0 Å². The van der Waals surface area contributed by atoms with Crippen LogP contribution in [0.3, 0.4) is 0 Å². The van der Waals surface area contributed by atoms with Gasteiger partial charge in [-0.3, -0.25) is 4.79 Å². The third-order valence-electron chi connectivity index (χ3n) is 5.80. The maximum atomic E-state index is 13.3. The topological polar surface area (TPSA) is 57.8 Å². The SMILES string of the molecule is Cc1cccc(C2(C(=O)NCCc3nc4ccccc4[nH]3)CCCCC2)c1. The van der Waals surface area contributed by atoms with Crippen molar-refractivity contribution in [1.82, 2.24) is 15.3 Å². The van der Waals surface area contributed by atoms with Gasteiger partial charge in [-0.25, -0.2) is 4.98 Å². The first-order valence-electron chi connectivity index (χ1n) is 9.96. The molecule has 1 fully saturated rings. The molecule has 140 valence electrons. The number of aryl methyl sites for hydroxylation is 1. The monoisotopic (exact) mass is 361 g/mol. The van der Waals surface area contributed by atoms with Gasteiger partial charge in [0, 0.05) is 13.0 Å². The number of nitrogens with one attached hydrogen (secondary N) is 2. The molecule has 1 saturated carbocycles. The molecule has 0 radical (unpaired) electrons. The van der Waals surface area contributed by atoms with Crippen molar-refractivity contribution >= 4 is 16.9 Å². The van der Waals surface area contributed by atoms with Gasteiger partial charge in [0.1, 0.15) is 5.82 Å². The third kappa shape index (κ3) is 3.61. The van der Waals surface area contributed by atoms with Crippen LogP contribution in [0.2, 0.25) is 0 Å². The number of fused-ring (bicyclic) bond motifs is 1. The van der Waals surface area contributed by atoms with E-state index in [1.54, 1.807) is 0 Å². The van der Waals surface area contributed by atoms with Crippen molar-refractivity contribution in [2.75, 3.05) is 6.54 Å². The highest BCUT2D eigenvalue weighted by Crippen LogP contribution is 2.40. The summed E-state index contributed by atoms with van der Waals surface area (Å²) in [5, 5.41) is 3.21. The molecule has 0 aliphatic heterocycles. The van der Waals surface area contributed by atoms with Gasteiger partial charge in [-0.1, -0.05) is 61.2 Å². The molecule has 27 heavy (non-hydrogen) atoms. The van der Waals surface area contributed by atoms with Gasteiger partial charge in [-0.15, -0.1) is 0 Å². The fraction of sp³-hybridized carbons (Fsp3) is 0.391. The van der Waals surface area contributed by atoms with Crippen LogP contribution < -0.4 is 5.32 Å². The number of benzene rings is 2. The van der Waals surface area contributed by atoms with Crippen molar-refractivity contribution < 1.29 is 4.79 Å². The second kappa shape index (κ2) is 7.55. The number of carbonyl (C=O) groups excluding carboxylic acids is 1. The van der Waals surface area contributed by atoms with E-state index in [2.05, 4.69) is 46.5 Å². The van der Waals surface area contributed by atoms with Gasteiger partial charge in [0.2, 0.25) is 5.91 Å². The summed E-state index contributed by atoms with van der Waals surface area (Å²) in [6.45, 7) is 2.70. The van der Waals surface area contributed by atoms with E-state index in [4.69, 9.17) is 0 Å². The number of aromatic nitrogens is 2. The Bertz CT molecular complexity index is 904. The predicted molar refractivity (Wildman–Crippen MR) is 109 cm³/mol. The summed E-state index contributed by atoms with van der Waals surface area (Å²) in [4.78, 5) is 21.2. The van der Waals surface area contributed by atoms with Crippen LogP contribution in [0.15, 0.2) is 48.5 Å². The lowest BCUT2D eigenvalue weighted by molar-refractivity contribution is -0.128. The molecule has 3 aromatic rings. The van der Waals surface area contributed by atoms with Crippen LogP contribution in [0.4, 0.5) is 0 Å². The lowest BCUT2D eigenvalue weighted by atomic mass is 9.68. The molecule has 0 saturated heterocycles. The van der Waals surface area contributed by atoms with Crippen molar-refractivity contribution in [1.29, 1.82) is 0 Å². The summed E-state index contributed by atoms with van der Waals surface area (Å²) in [5.74, 6) is 1.09. The number of amides is 1. The average Bonchev–Trinajstić information content (AvgIpc) is 3.11. The fourth-order valence-electron chi connectivity index (χ4n) is 4.33. The summed E-state index contributed by atoms with van der Waals surface area (Å²) < 4.78 is 0. The number of imidazole rings is 1. The van der Waals surface area contributed by atoms with E-state index in [1.165, 1.54) is 17.5 Å². The second-order valence-corrected chi connectivity index (χ2v) is 7.72. The van der Waals surface area contributed by atoms with Crippen molar-refractivity contribution in [2.45, 2.75) is 50.9 Å². The summed E-state index contributed by atoms with van der Waals surface area (Å²) in [5.41, 5.74) is 4.03. The molecular weight excluding hydrogens is 334 g/mol. The Balaban J connectivity index is 1.47. The summed E-state index contributed by atoms with van der Waals surface area (Å²) in [7, 11) is 0. The zero-order valence-corrected chi connectivity index (χ0v) is 15.9. The number of H-pyrrole nitrogens is 1. The predicted octanol–water partition coefficient (Wildman–Crippen LogP) is 4.43. The number of aromatic amines is 1. The molecule has 1 heterocycles. The number of para-hydroxylation sites is 2. The van der Waals surface area contributed by atoms with Crippen LogP contribution in [0.1, 0.15) is 49.1 Å². The fourth-order valence-corrected chi connectivity index (χ4v) is 4.33. The second-order valence-electron chi connectivity index (χ2n) is 7.72. The molecule has 1 amide bonds. The molecule has 2 aromatic carbocycles. The molecule has 4 nitrogen and oxygen atoms in total. The first kappa shape index (κ1) is 17.8. The number of hydrogen-bond acceptors (Lipinski definition) is 2. The Morgan fingerprint density at radius 1 is 1.11 bits per heavy atom. The molecule has 0 atom stereocenters. The van der Waals surface area contributed by atoms with E-state index in [9.17, 15) is 4.79 Å². The Labute approximate surface area is 160 Å². The van der Waals surface area contributed by atoms with Crippen molar-refractivity contribution in [3.8, 4) is 0 Å². The molecule has 1 aliphatic carbocycles. The van der Waals surface area contributed by atoms with Crippen LogP contribution in [0.5, 0.6) is 0 Å². The van der Waals surface area contributed by atoms with Gasteiger partial charge < -0.3 is 10.3 Å². The van der Waals surface area contributed by atoms with Crippen LogP contribution in [0, 0.1) is 6.92 Å². The molecular formula is C23H27N3O. The minimum absolute atomic E-state index is 0.170. The van der Waals surface area contributed by atoms with Crippen LogP contribution in [-0.4, -0.2) is 22.4 Å². The minimum Gasteiger partial charge on any atom is -0.355 e. The molecule has 0 spiro atoms. The van der Waals surface area contributed by atoms with Crippen LogP contribution >= 0.6 is 0 Å². The first-order valence-corrected chi connectivity index (χ1v) is 9.96. The maximum absolute atomic E-state index is 13.3. The van der Waals surface area contributed by atoms with E-state index in [0.717, 1.165) is 42.5 Å². The molecule has 4 heteroatoms. The molecule has 1 aliphatic rings. The number of nitrogens with zero attached hydrogens (tertiary/aromatic N) is 1. The lowest BCUT2D eigenvalue weighted by Gasteiger charge is -2.36. The largest absolute Gasteiger partial charge is 0.355 e. The average molecular weight is 361 g/mol. The normalized spacial score (nSPS) is 16.3. The Morgan fingerprint density at radius 2 is 1.93 bits per heavy atom. The Morgan fingerprint density at radius 3 is 2.70 bits per heavy atom. The lowest BCUT2D eigenvalue weighted by Crippen LogP contribution is -2.46. The third-order valence-corrected chi connectivity index (χ3v) is 5.80. The highest BCUT2D eigenvalue weighted by atomic mass is 16.2. The highest BCUT2D eigenvalue weighted by Gasteiger charge is 2.40. The minimum atomic E-state index is -0.377. The van der Waals surface area contributed by atoms with Gasteiger partial charge in [0.15, 0.2) is 0 Å². The number of rotatable bonds is 5. The molecule has 0 bridgehead atoms. The molecule has 2 N–H and O–H groups in total. The summed E-state index contributed by atoms with van der Waals surface area (Å²) in [6, 6.07) is 16.5. The van der Waals surface area contributed by atoms with Crippen molar-refractivity contribution in [3.05, 3.63) is 65.5 Å². The van der Waals surface area contributed by atoms with Gasteiger partial charge in [0.25, 0.3) is 0 Å². The van der Waals surface area contributed by atoms with E-state index in [0.29, 0.717) is 13.0 Å². The highest BCUT2D eigenvalue weighted by molar-refractivity contribution is 5.88. The maximum Gasteiger partial charge on any atom is 0.230 e. The molecule has 1 aromatic heterocycles. The zero-order chi connectivity index (χ0) is 18.7. The van der Waals surface area contributed by atoms with Crippen molar-refractivity contribution in [2.24, 2.45) is 0 Å². The van der Waals surface area contributed by atoms with Gasteiger partial charge >= 0.3 is 0 Å². The summed E-state index contributed by atoms with van der Waals surface area (Å²) in [6.07, 6.45) is 6.04. The Kier molecular flexibility index (Phi) is 4.97. The summed E-state index contributed by atoms with van der Waals surface area (Å²) >= 11 is 0. The smallest absolute Gasteiger partial charge is 0.230 e. The van der Waals surface area contributed by atoms with E-state index in [1.807, 2.05) is 24.3 Å². The standard InChI is InChI=1S/C23H27N3O/c1-17-8-7-9-18(16-17)23(13-5-2-6-14-23)22(27)24-15-12-21-25-19-10-3-4-11-20(19)26-21/h3-4,7-11,16H,2,5-6,12-15H2,1H3,(H,24,27)(H,25,26). The number of carbonyl (C=O) groups is 1. The quantitative estimate of drug-likeness (QED) is 0.706. The van der Waals surface area contributed by atoms with Crippen molar-refractivity contribution in [3.63, 3.8) is 0 Å². The van der Waals surface area contributed by atoms with E-state index >= 15 is 0 Å². The van der Waals surface area contributed by atoms with Gasteiger partial charge in [-0.05, 0) is 37.5 Å². The first-order chi connectivity index (χ1) is 13.2. The Hall–Kier alpha value is -2.62. The van der Waals surface area contributed by atoms with Crippen LogP contribution in [-0.2, 0) is 16.6 Å². The van der Waals surface area contributed by atoms with Gasteiger partial charge in [0.05, 0.1) is 16.4 Å². The molecule has 4 rings (SSSR count). The zero-order valence-electron chi connectivity index (χ0n) is 15.9. The van der Waals surface area contributed by atoms with E-state index < -0.39 is 0 Å².